The maximum Gasteiger partial charge on any atom is 0.231 e. The predicted octanol–water partition coefficient (Wildman–Crippen LogP) is -0.667. The Balaban J connectivity index is 2.84. The maximum absolute atomic E-state index is 9.95. The Morgan fingerprint density at radius 3 is 2.90 bits per heavy atom. The lowest BCUT2D eigenvalue weighted by molar-refractivity contribution is -0.0279. The lowest BCUT2D eigenvalue weighted by Gasteiger charge is -2.00. The van der Waals surface area contributed by atoms with Crippen LogP contribution in [0.2, 0.25) is 0 Å². The van der Waals surface area contributed by atoms with E-state index in [1.807, 2.05) is 0 Å². The molecule has 0 aromatic carbocycles. The molecule has 0 saturated carbocycles. The average molecular weight is 169 g/mol. The maximum atomic E-state index is 9.95. The Morgan fingerprint density at radius 1 is 1.70 bits per heavy atom. The van der Waals surface area contributed by atoms with Crippen molar-refractivity contribution >= 4 is 11.3 Å². The first kappa shape index (κ1) is 9.99. The number of hydrogen-bond acceptors (Lipinski definition) is 3. The molecule has 0 aromatic heterocycles. The van der Waals surface area contributed by atoms with Gasteiger partial charge in [0.15, 0.2) is 0 Å². The Morgan fingerprint density at radius 2 is 2.40 bits per heavy atom. The molecule has 6 heteroatoms. The molecule has 0 aromatic rings. The van der Waals surface area contributed by atoms with Gasteiger partial charge < -0.3 is 9.47 Å². The third-order valence-corrected chi connectivity index (χ3v) is 1.12. The highest BCUT2D eigenvalue weighted by Crippen LogP contribution is 1.73. The van der Waals surface area contributed by atoms with Gasteiger partial charge in [0.2, 0.25) is 11.3 Å². The summed E-state index contributed by atoms with van der Waals surface area (Å²) in [6.07, 6.45) is 0. The third-order valence-electron chi connectivity index (χ3n) is 0.673. The molecule has 0 radical (unpaired) electrons. The lowest BCUT2D eigenvalue weighted by Crippen LogP contribution is -2.21. The van der Waals surface area contributed by atoms with Crippen LogP contribution in [0.4, 0.5) is 0 Å². The molecule has 10 heavy (non-hydrogen) atoms. The summed E-state index contributed by atoms with van der Waals surface area (Å²) < 4.78 is 29.7. The summed E-state index contributed by atoms with van der Waals surface area (Å²) in [5.74, 6) is 0. The van der Waals surface area contributed by atoms with Crippen molar-refractivity contribution < 1.29 is 18.2 Å². The molecule has 1 unspecified atom stereocenters. The highest BCUT2D eigenvalue weighted by Gasteiger charge is 1.89. The highest BCUT2D eigenvalue weighted by atomic mass is 32.2. The molecule has 0 aliphatic carbocycles. The normalized spacial score (nSPS) is 13.4. The molecular formula is C4H11NO4S. The van der Waals surface area contributed by atoms with E-state index < -0.39 is 11.3 Å². The van der Waals surface area contributed by atoms with E-state index in [0.29, 0.717) is 13.2 Å². The molecular weight excluding hydrogens is 158 g/mol. The summed E-state index contributed by atoms with van der Waals surface area (Å²) in [6.45, 7) is 0.909. The predicted molar refractivity (Wildman–Crippen MR) is 36.6 cm³/mol. The summed E-state index contributed by atoms with van der Waals surface area (Å²) >= 11 is -1.94. The van der Waals surface area contributed by atoms with Crippen LogP contribution >= 0.6 is 0 Å². The van der Waals surface area contributed by atoms with E-state index in [2.05, 4.69) is 9.46 Å². The van der Waals surface area contributed by atoms with Crippen molar-refractivity contribution in [3.8, 4) is 0 Å². The topological polar surface area (TPSA) is 67.8 Å². The minimum Gasteiger partial charge on any atom is -0.359 e. The fourth-order valence-corrected chi connectivity index (χ4v) is 0.601. The quantitative estimate of drug-likeness (QED) is 0.314. The Labute approximate surface area is 62.1 Å². The summed E-state index contributed by atoms with van der Waals surface area (Å²) in [4.78, 5) is 0. The average Bonchev–Trinajstić information content (AvgIpc) is 1.87. The second kappa shape index (κ2) is 7.10. The number of rotatable bonds is 6. The number of nitrogens with one attached hydrogen (secondary N) is 1. The van der Waals surface area contributed by atoms with Gasteiger partial charge in [-0.3, -0.25) is 4.55 Å². The van der Waals surface area contributed by atoms with Crippen LogP contribution in [0.3, 0.4) is 0 Å². The molecule has 0 fully saturated rings. The van der Waals surface area contributed by atoms with Crippen LogP contribution in [0.5, 0.6) is 0 Å². The molecule has 5 nitrogen and oxygen atoms in total. The summed E-state index contributed by atoms with van der Waals surface area (Å²) in [5, 5.41) is 0. The van der Waals surface area contributed by atoms with E-state index in [-0.39, 0.29) is 6.79 Å². The minimum atomic E-state index is -1.94. The smallest absolute Gasteiger partial charge is 0.231 e. The first-order valence-electron chi connectivity index (χ1n) is 2.68. The van der Waals surface area contributed by atoms with Crippen LogP contribution in [0.15, 0.2) is 0 Å². The van der Waals surface area contributed by atoms with Crippen molar-refractivity contribution in [2.24, 2.45) is 0 Å². The Kier molecular flexibility index (Phi) is 7.09. The van der Waals surface area contributed by atoms with Crippen LogP contribution in [0.1, 0.15) is 0 Å². The van der Waals surface area contributed by atoms with Gasteiger partial charge in [0.1, 0.15) is 6.79 Å². The van der Waals surface area contributed by atoms with E-state index in [1.54, 1.807) is 0 Å². The van der Waals surface area contributed by atoms with Crippen molar-refractivity contribution in [2.45, 2.75) is 0 Å². The van der Waals surface area contributed by atoms with Crippen LogP contribution in [0.25, 0.3) is 0 Å². The molecule has 0 saturated heterocycles. The van der Waals surface area contributed by atoms with Gasteiger partial charge in [-0.1, -0.05) is 0 Å². The zero-order valence-electron chi connectivity index (χ0n) is 5.70. The van der Waals surface area contributed by atoms with Gasteiger partial charge in [0.25, 0.3) is 0 Å². The molecule has 0 spiro atoms. The molecule has 0 amide bonds. The van der Waals surface area contributed by atoms with Crippen LogP contribution in [0, 0.1) is 0 Å². The summed E-state index contributed by atoms with van der Waals surface area (Å²) in [7, 11) is 1.51. The third kappa shape index (κ3) is 7.99. The molecule has 1 atom stereocenters. The molecule has 0 bridgehead atoms. The van der Waals surface area contributed by atoms with E-state index >= 15 is 0 Å². The monoisotopic (exact) mass is 169 g/mol. The largest absolute Gasteiger partial charge is 0.359 e. The van der Waals surface area contributed by atoms with Gasteiger partial charge >= 0.3 is 0 Å². The molecule has 0 heterocycles. The Hall–Kier alpha value is -0.0100. The first-order valence-corrected chi connectivity index (χ1v) is 3.79. The molecule has 2 N–H and O–H groups in total. The highest BCUT2D eigenvalue weighted by molar-refractivity contribution is 7.77. The second-order valence-electron chi connectivity index (χ2n) is 1.46. The number of methoxy groups -OCH3 is 1. The van der Waals surface area contributed by atoms with Gasteiger partial charge in [-0.25, -0.2) is 8.93 Å². The van der Waals surface area contributed by atoms with E-state index in [1.165, 1.54) is 7.11 Å². The van der Waals surface area contributed by atoms with Gasteiger partial charge in [-0.05, 0) is 0 Å². The zero-order valence-corrected chi connectivity index (χ0v) is 6.52. The van der Waals surface area contributed by atoms with Gasteiger partial charge in [0.05, 0.1) is 6.61 Å². The molecule has 0 aliphatic rings. The number of hydrogen-bond donors (Lipinski definition) is 2. The van der Waals surface area contributed by atoms with Gasteiger partial charge in [-0.2, -0.15) is 0 Å². The SMILES string of the molecule is COCOCCNS(=O)O. The van der Waals surface area contributed by atoms with E-state index in [4.69, 9.17) is 9.29 Å². The Bertz CT molecular complexity index is 99.3. The van der Waals surface area contributed by atoms with Crippen LogP contribution < -0.4 is 4.72 Å². The van der Waals surface area contributed by atoms with Gasteiger partial charge in [-0.15, -0.1) is 0 Å². The first-order chi connectivity index (χ1) is 4.77. The van der Waals surface area contributed by atoms with Crippen molar-refractivity contribution in [1.82, 2.24) is 4.72 Å². The molecule has 62 valence electrons. The lowest BCUT2D eigenvalue weighted by atomic mass is 10.7. The van der Waals surface area contributed by atoms with E-state index in [0.717, 1.165) is 0 Å². The van der Waals surface area contributed by atoms with Crippen LogP contribution in [-0.2, 0) is 20.7 Å². The molecule has 0 rings (SSSR count). The van der Waals surface area contributed by atoms with Crippen molar-refractivity contribution in [3.05, 3.63) is 0 Å². The second-order valence-corrected chi connectivity index (χ2v) is 2.25. The fourth-order valence-electron chi connectivity index (χ4n) is 0.343. The van der Waals surface area contributed by atoms with Crippen molar-refractivity contribution in [1.29, 1.82) is 0 Å². The summed E-state index contributed by atoms with van der Waals surface area (Å²) in [5.41, 5.74) is 0. The standard InChI is InChI=1S/C4H11NO4S/c1-8-4-9-3-2-5-10(6)7/h5H,2-4H2,1H3,(H,6,7). The van der Waals surface area contributed by atoms with E-state index in [9.17, 15) is 4.21 Å². The molecule has 0 aliphatic heterocycles. The minimum absolute atomic E-state index is 0.208. The summed E-state index contributed by atoms with van der Waals surface area (Å²) in [6, 6.07) is 0. The van der Waals surface area contributed by atoms with Gasteiger partial charge in [0, 0.05) is 13.7 Å². The fraction of sp³-hybridized carbons (Fsp3) is 1.00. The number of ether oxygens (including phenoxy) is 2. The zero-order chi connectivity index (χ0) is 7.82. The van der Waals surface area contributed by atoms with Crippen LogP contribution in [-0.4, -0.2) is 35.8 Å². The van der Waals surface area contributed by atoms with Crippen molar-refractivity contribution in [3.63, 3.8) is 0 Å². The van der Waals surface area contributed by atoms with Crippen molar-refractivity contribution in [2.75, 3.05) is 27.1 Å².